The highest BCUT2D eigenvalue weighted by Gasteiger charge is 1.85. The number of thiol groups is 2. The summed E-state index contributed by atoms with van der Waals surface area (Å²) in [5, 5.41) is 5.45. The lowest BCUT2D eigenvalue weighted by Crippen LogP contribution is -2.31. The van der Waals surface area contributed by atoms with E-state index in [2.05, 4.69) is 70.3 Å². The molecule has 0 saturated carbocycles. The van der Waals surface area contributed by atoms with Crippen molar-refractivity contribution < 1.29 is 0 Å². The van der Waals surface area contributed by atoms with E-state index in [-0.39, 0.29) is 0 Å². The van der Waals surface area contributed by atoms with Crippen LogP contribution in [0.5, 0.6) is 0 Å². The van der Waals surface area contributed by atoms with E-state index in [9.17, 15) is 0 Å². The van der Waals surface area contributed by atoms with Gasteiger partial charge < -0.3 is 10.6 Å². The smallest absolute Gasteiger partial charge is 0.132 e. The molecular weight excluding hydrogens is 268 g/mol. The first kappa shape index (κ1) is 14.6. The van der Waals surface area contributed by atoms with Crippen molar-refractivity contribution >= 4 is 58.3 Å². The minimum Gasteiger partial charge on any atom is -0.354 e. The van der Waals surface area contributed by atoms with Crippen molar-refractivity contribution in [3.63, 3.8) is 0 Å². The molecule has 0 aliphatic rings. The molecule has 0 radical (unpaired) electrons. The second-order valence-corrected chi connectivity index (χ2v) is 4.35. The average molecular weight is 278 g/mol. The summed E-state index contributed by atoms with van der Waals surface area (Å²) in [4.78, 5) is 7.44. The quantitative estimate of drug-likeness (QED) is 0.368. The molecule has 0 atom stereocenters. The van der Waals surface area contributed by atoms with Crippen LogP contribution in [0.2, 0.25) is 0 Å². The molecule has 4 nitrogen and oxygen atoms in total. The molecule has 0 amide bonds. The Bertz CT molecular complexity index is 252. The van der Waals surface area contributed by atoms with Crippen LogP contribution in [0, 0.1) is 0 Å². The van der Waals surface area contributed by atoms with Gasteiger partial charge in [-0.2, -0.15) is 0 Å². The molecule has 0 spiro atoms. The molecule has 8 heteroatoms. The average Bonchev–Trinajstić information content (AvgIpc) is 2.20. The normalized spacial score (nSPS) is 8.13. The fourth-order valence-electron chi connectivity index (χ4n) is 0.449. The highest BCUT2D eigenvalue weighted by atomic mass is 32.1. The Labute approximate surface area is 110 Å². The highest BCUT2D eigenvalue weighted by Crippen LogP contribution is 1.77. The van der Waals surface area contributed by atoms with Gasteiger partial charge in [-0.15, -0.1) is 25.3 Å². The number of nitrogens with zero attached hydrogens (tertiary/aromatic N) is 2. The maximum absolute atomic E-state index is 4.59. The van der Waals surface area contributed by atoms with Crippen LogP contribution in [0.3, 0.4) is 0 Å². The summed E-state index contributed by atoms with van der Waals surface area (Å²) >= 11 is 16.8. The Morgan fingerprint density at radius 2 is 1.27 bits per heavy atom. The molecular formula is C7H10N4S4. The van der Waals surface area contributed by atoms with Gasteiger partial charge >= 0.3 is 0 Å². The Balaban J connectivity index is 0.000000280. The van der Waals surface area contributed by atoms with Crippen LogP contribution < -0.4 is 10.6 Å². The molecule has 1 rings (SSSR count). The summed E-state index contributed by atoms with van der Waals surface area (Å²) in [5.41, 5.74) is 0. The van der Waals surface area contributed by atoms with Crippen molar-refractivity contribution in [1.29, 1.82) is 0 Å². The van der Waals surface area contributed by atoms with Gasteiger partial charge in [-0.1, -0.05) is 24.4 Å². The Hall–Kier alpha value is -0.440. The molecule has 0 unspecified atom stereocenters. The third-order valence-electron chi connectivity index (χ3n) is 0.957. The maximum atomic E-state index is 4.59. The predicted molar refractivity (Wildman–Crippen MR) is 76.3 cm³/mol. The van der Waals surface area contributed by atoms with Gasteiger partial charge in [0.2, 0.25) is 0 Å². The molecule has 0 aliphatic carbocycles. The molecule has 15 heavy (non-hydrogen) atoms. The van der Waals surface area contributed by atoms with Gasteiger partial charge in [0.15, 0.2) is 0 Å². The number of nitrogens with one attached hydrogen (secondary N) is 2. The number of rotatable bonds is 2. The first-order valence-corrected chi connectivity index (χ1v) is 5.47. The number of hydrogen-bond donors (Lipinski definition) is 4. The molecule has 1 aromatic heterocycles. The lowest BCUT2D eigenvalue weighted by atomic mass is 10.8. The van der Waals surface area contributed by atoms with Crippen molar-refractivity contribution in [1.82, 2.24) is 20.6 Å². The lowest BCUT2D eigenvalue weighted by molar-refractivity contribution is 0.862. The molecule has 82 valence electrons. The third kappa shape index (κ3) is 13.6. The molecule has 2 N–H and O–H groups in total. The zero-order valence-corrected chi connectivity index (χ0v) is 11.0. The van der Waals surface area contributed by atoms with Crippen molar-refractivity contribution in [2.75, 3.05) is 6.67 Å². The van der Waals surface area contributed by atoms with Crippen molar-refractivity contribution in [3.8, 4) is 0 Å². The molecule has 0 aliphatic heterocycles. The van der Waals surface area contributed by atoms with Crippen LogP contribution in [0.25, 0.3) is 0 Å². The number of aromatic nitrogens is 2. The van der Waals surface area contributed by atoms with Crippen LogP contribution in [-0.2, 0) is 0 Å². The fourth-order valence-corrected chi connectivity index (χ4v) is 0.751. The Kier molecular flexibility index (Phi) is 9.79. The first-order valence-electron chi connectivity index (χ1n) is 3.76. The topological polar surface area (TPSA) is 49.8 Å². The van der Waals surface area contributed by atoms with Crippen LogP contribution in [0.1, 0.15) is 0 Å². The van der Waals surface area contributed by atoms with E-state index in [1.807, 2.05) is 0 Å². The van der Waals surface area contributed by atoms with E-state index in [0.717, 1.165) is 0 Å². The van der Waals surface area contributed by atoms with E-state index in [1.165, 1.54) is 0 Å². The highest BCUT2D eigenvalue weighted by molar-refractivity contribution is 8.11. The first-order chi connectivity index (χ1) is 7.13. The Morgan fingerprint density at radius 1 is 0.933 bits per heavy atom. The monoisotopic (exact) mass is 278 g/mol. The molecule has 0 aromatic carbocycles. The van der Waals surface area contributed by atoms with E-state index < -0.39 is 0 Å². The van der Waals surface area contributed by atoms with Crippen LogP contribution in [0.4, 0.5) is 0 Å². The summed E-state index contributed by atoms with van der Waals surface area (Å²) in [6.45, 7) is 0.477. The largest absolute Gasteiger partial charge is 0.354 e. The van der Waals surface area contributed by atoms with Gasteiger partial charge in [-0.3, -0.25) is 9.97 Å². The van der Waals surface area contributed by atoms with E-state index in [1.54, 1.807) is 24.8 Å². The van der Waals surface area contributed by atoms with Crippen LogP contribution >= 0.6 is 49.7 Å². The second kappa shape index (κ2) is 10.1. The van der Waals surface area contributed by atoms with Gasteiger partial charge in [0.25, 0.3) is 0 Å². The van der Waals surface area contributed by atoms with Gasteiger partial charge in [0.1, 0.15) is 8.64 Å². The van der Waals surface area contributed by atoms with Crippen molar-refractivity contribution in [2.24, 2.45) is 0 Å². The summed E-state index contributed by atoms with van der Waals surface area (Å²) in [5.74, 6) is 0. The lowest BCUT2D eigenvalue weighted by Gasteiger charge is -2.02. The maximum Gasteiger partial charge on any atom is 0.132 e. The van der Waals surface area contributed by atoms with Crippen LogP contribution in [0.15, 0.2) is 24.8 Å². The molecule has 0 saturated heterocycles. The summed E-state index contributed by atoms with van der Waals surface area (Å²) in [7, 11) is 0. The SMILES string of the molecule is S=C(S)NCNC(=S)S.c1cnccn1. The molecule has 0 fully saturated rings. The van der Waals surface area contributed by atoms with E-state index in [4.69, 9.17) is 0 Å². The van der Waals surface area contributed by atoms with Crippen molar-refractivity contribution in [3.05, 3.63) is 24.8 Å². The molecule has 0 bridgehead atoms. The zero-order valence-electron chi connectivity index (χ0n) is 7.62. The summed E-state index contributed by atoms with van der Waals surface area (Å²) in [6.07, 6.45) is 6.56. The molecule has 1 heterocycles. The Morgan fingerprint density at radius 3 is 1.47 bits per heavy atom. The van der Waals surface area contributed by atoms with E-state index >= 15 is 0 Å². The molecule has 1 aromatic rings. The zero-order chi connectivity index (χ0) is 11.5. The minimum atomic E-state index is 0.437. The predicted octanol–water partition coefficient (Wildman–Crippen LogP) is 1.03. The van der Waals surface area contributed by atoms with Gasteiger partial charge in [-0.25, -0.2) is 0 Å². The second-order valence-electron chi connectivity index (χ2n) is 2.04. The van der Waals surface area contributed by atoms with Crippen molar-refractivity contribution in [2.45, 2.75) is 0 Å². The third-order valence-corrected chi connectivity index (χ3v) is 1.56. The standard InChI is InChI=1S/C4H4N2.C3H6N2S4/c1-2-6-4-3-5-1;6-2(7)4-1-5-3(8)9/h1-4H;1H2,(H2,4,6,7)(H2,5,8,9). The minimum absolute atomic E-state index is 0.437. The number of thiocarbonyl (C=S) groups is 2. The van der Waals surface area contributed by atoms with Gasteiger partial charge in [0, 0.05) is 24.8 Å². The summed E-state index contributed by atoms with van der Waals surface area (Å²) < 4.78 is 0.874. The summed E-state index contributed by atoms with van der Waals surface area (Å²) in [6, 6.07) is 0. The van der Waals surface area contributed by atoms with Crippen LogP contribution in [-0.4, -0.2) is 25.3 Å². The fraction of sp³-hybridized carbons (Fsp3) is 0.143. The number of hydrogen-bond acceptors (Lipinski definition) is 4. The van der Waals surface area contributed by atoms with E-state index in [0.29, 0.717) is 15.3 Å². The van der Waals surface area contributed by atoms with Gasteiger partial charge in [0.05, 0.1) is 6.67 Å². The van der Waals surface area contributed by atoms with Gasteiger partial charge in [-0.05, 0) is 0 Å².